The van der Waals surface area contributed by atoms with E-state index in [2.05, 4.69) is 58.6 Å². The van der Waals surface area contributed by atoms with Gasteiger partial charge in [-0.2, -0.15) is 0 Å². The summed E-state index contributed by atoms with van der Waals surface area (Å²) >= 11 is 0. The van der Waals surface area contributed by atoms with E-state index in [0.717, 1.165) is 80.0 Å². The zero-order valence-corrected chi connectivity index (χ0v) is 34.5. The van der Waals surface area contributed by atoms with Gasteiger partial charge in [0.2, 0.25) is 5.91 Å². The molecular weight excluding hydrogens is 739 g/mol. The molecule has 3 amide bonds. The zero-order valence-electron chi connectivity index (χ0n) is 34.5. The summed E-state index contributed by atoms with van der Waals surface area (Å²) in [6, 6.07) is 13.5. The Labute approximate surface area is 338 Å². The van der Waals surface area contributed by atoms with Crippen molar-refractivity contribution in [1.29, 1.82) is 0 Å². The van der Waals surface area contributed by atoms with Crippen LogP contribution in [0.4, 0.5) is 9.59 Å². The van der Waals surface area contributed by atoms with E-state index in [0.29, 0.717) is 26.3 Å². The normalized spacial score (nSPS) is 20.9. The van der Waals surface area contributed by atoms with Gasteiger partial charge in [-0.25, -0.2) is 19.6 Å². The average molecular weight is 792 g/mol. The van der Waals surface area contributed by atoms with Gasteiger partial charge in [-0.3, -0.25) is 9.69 Å². The standard InChI is InChI=1S/C44H53N7O7/c1-23(2)37(49-42(53)56-8)41(52)50-19-24(3)13-34(50)40-46-32-12-10-26-16-31-29-11-9-27(15-28(29)22-57-36(31)17-30(26)38(32)48-40)33-18-45-39(47-33)35-14-25(21-55-7)20-51(35)43(54)58-44(4,5)6/h9-12,15-18,23-25,34-35,37H,13-14,19-22H2,1-8H3,(H,45,47)(H,46,48)(H,49,53). The first-order chi connectivity index (χ1) is 27.7. The van der Waals surface area contributed by atoms with E-state index in [4.69, 9.17) is 28.9 Å². The maximum Gasteiger partial charge on any atom is 0.410 e. The molecule has 0 saturated carbocycles. The highest BCUT2D eigenvalue weighted by Crippen LogP contribution is 2.44. The van der Waals surface area contributed by atoms with Crippen LogP contribution in [0.3, 0.4) is 0 Å². The number of carbonyl (C=O) groups is 3. The Morgan fingerprint density at radius 3 is 2.50 bits per heavy atom. The third kappa shape index (κ3) is 7.45. The first-order valence-corrected chi connectivity index (χ1v) is 20.1. The van der Waals surface area contributed by atoms with Crippen LogP contribution >= 0.6 is 0 Å². The van der Waals surface area contributed by atoms with Gasteiger partial charge in [0.05, 0.1) is 48.7 Å². The van der Waals surface area contributed by atoms with E-state index in [1.165, 1.54) is 7.11 Å². The lowest BCUT2D eigenvalue weighted by atomic mass is 9.92. The molecule has 0 bridgehead atoms. The highest BCUT2D eigenvalue weighted by Gasteiger charge is 2.41. The van der Waals surface area contributed by atoms with Crippen molar-refractivity contribution >= 4 is 39.9 Å². The monoisotopic (exact) mass is 791 g/mol. The number of nitrogens with zero attached hydrogens (tertiary/aromatic N) is 4. The van der Waals surface area contributed by atoms with Crippen molar-refractivity contribution in [2.45, 2.75) is 84.7 Å². The van der Waals surface area contributed by atoms with Crippen LogP contribution in [0.25, 0.3) is 44.2 Å². The molecule has 5 aromatic rings. The topological polar surface area (TPSA) is 164 Å². The van der Waals surface area contributed by atoms with Crippen LogP contribution in [0.5, 0.6) is 5.75 Å². The van der Waals surface area contributed by atoms with Gasteiger partial charge in [0.1, 0.15) is 35.6 Å². The third-order valence-corrected chi connectivity index (χ3v) is 11.5. The molecule has 58 heavy (non-hydrogen) atoms. The number of ether oxygens (including phenoxy) is 4. The highest BCUT2D eigenvalue weighted by atomic mass is 16.6. The SMILES string of the molecule is COCC1CC(c2ncc(-c3ccc4c(c3)COc3cc5c(ccc6[nH]c(C7CC(C)CN7C(=O)C(NC(=O)OC)C(C)C)nc65)cc3-4)[nH]2)N(C(=O)OC(C)(C)C)C1. The molecule has 0 radical (unpaired) electrons. The van der Waals surface area contributed by atoms with Crippen molar-refractivity contribution in [3.63, 3.8) is 0 Å². The molecule has 3 N–H and O–H groups in total. The number of aromatic nitrogens is 4. The zero-order chi connectivity index (χ0) is 41.0. The number of hydrogen-bond acceptors (Lipinski definition) is 9. The average Bonchev–Trinajstić information content (AvgIpc) is 4.00. The van der Waals surface area contributed by atoms with Gasteiger partial charge >= 0.3 is 12.2 Å². The summed E-state index contributed by atoms with van der Waals surface area (Å²) in [5, 5.41) is 4.72. The molecule has 3 aliphatic rings. The van der Waals surface area contributed by atoms with Gasteiger partial charge in [0, 0.05) is 37.1 Å². The van der Waals surface area contributed by atoms with Crippen molar-refractivity contribution in [3.05, 3.63) is 65.9 Å². The van der Waals surface area contributed by atoms with Crippen LogP contribution in [-0.4, -0.2) is 93.4 Å². The highest BCUT2D eigenvalue weighted by molar-refractivity contribution is 6.07. The van der Waals surface area contributed by atoms with E-state index in [1.54, 1.807) is 12.0 Å². The first kappa shape index (κ1) is 39.2. The van der Waals surface area contributed by atoms with E-state index in [-0.39, 0.29) is 41.8 Å². The Morgan fingerprint density at radius 2 is 1.76 bits per heavy atom. The molecule has 14 heteroatoms. The van der Waals surface area contributed by atoms with Crippen molar-refractivity contribution in [2.24, 2.45) is 17.8 Å². The number of alkyl carbamates (subject to hydrolysis) is 1. The van der Waals surface area contributed by atoms with Gasteiger partial charge in [0.15, 0.2) is 0 Å². The second kappa shape index (κ2) is 15.3. The van der Waals surface area contributed by atoms with Crippen molar-refractivity contribution in [1.82, 2.24) is 35.1 Å². The van der Waals surface area contributed by atoms with Crippen molar-refractivity contribution in [3.8, 4) is 28.1 Å². The number of rotatable bonds is 8. The van der Waals surface area contributed by atoms with Crippen LogP contribution in [0.1, 0.15) is 83.7 Å². The van der Waals surface area contributed by atoms with Crippen LogP contribution < -0.4 is 10.1 Å². The molecule has 0 aliphatic carbocycles. The second-order valence-corrected chi connectivity index (χ2v) is 17.4. The predicted molar refractivity (Wildman–Crippen MR) is 219 cm³/mol. The fourth-order valence-electron chi connectivity index (χ4n) is 8.77. The minimum Gasteiger partial charge on any atom is -0.488 e. The third-order valence-electron chi connectivity index (χ3n) is 11.5. The molecule has 5 heterocycles. The number of amides is 3. The number of methoxy groups -OCH3 is 2. The molecule has 5 atom stereocenters. The van der Waals surface area contributed by atoms with E-state index < -0.39 is 17.7 Å². The smallest absolute Gasteiger partial charge is 0.410 e. The minimum absolute atomic E-state index is 0.126. The van der Waals surface area contributed by atoms with E-state index >= 15 is 0 Å². The lowest BCUT2D eigenvalue weighted by molar-refractivity contribution is -0.135. The molecule has 2 aromatic heterocycles. The Hall–Kier alpha value is -5.63. The molecule has 2 fully saturated rings. The fourth-order valence-corrected chi connectivity index (χ4v) is 8.77. The number of likely N-dealkylation sites (tertiary alicyclic amines) is 2. The van der Waals surface area contributed by atoms with E-state index in [9.17, 15) is 14.4 Å². The molecular formula is C44H53N7O7. The molecule has 0 spiro atoms. The molecule has 2 saturated heterocycles. The molecule has 5 unspecified atom stereocenters. The Morgan fingerprint density at radius 1 is 0.966 bits per heavy atom. The number of imidazole rings is 2. The van der Waals surface area contributed by atoms with Gasteiger partial charge in [0.25, 0.3) is 0 Å². The first-order valence-electron chi connectivity index (χ1n) is 20.1. The molecule has 8 rings (SSSR count). The summed E-state index contributed by atoms with van der Waals surface area (Å²) < 4.78 is 22.4. The minimum atomic E-state index is -0.715. The number of fused-ring (bicyclic) bond motifs is 6. The van der Waals surface area contributed by atoms with Gasteiger partial charge < -0.3 is 39.1 Å². The summed E-state index contributed by atoms with van der Waals surface area (Å²) in [7, 11) is 2.98. The Kier molecular flexibility index (Phi) is 10.3. The maximum absolute atomic E-state index is 13.9. The van der Waals surface area contributed by atoms with Crippen LogP contribution in [-0.2, 0) is 25.6 Å². The fraction of sp³-hybridized carbons (Fsp3) is 0.477. The summed E-state index contributed by atoms with van der Waals surface area (Å²) in [4.78, 5) is 59.7. The number of aromatic amines is 2. The number of H-pyrrole nitrogens is 2. The van der Waals surface area contributed by atoms with Crippen LogP contribution in [0.2, 0.25) is 0 Å². The number of benzene rings is 3. The summed E-state index contributed by atoms with van der Waals surface area (Å²) in [6.07, 6.45) is 2.32. The van der Waals surface area contributed by atoms with Gasteiger partial charge in [-0.05, 0) is 91.8 Å². The maximum atomic E-state index is 13.9. The number of nitrogens with one attached hydrogen (secondary N) is 3. The largest absolute Gasteiger partial charge is 0.488 e. The lowest BCUT2D eigenvalue weighted by Gasteiger charge is -2.30. The van der Waals surface area contributed by atoms with Crippen molar-refractivity contribution < 1.29 is 33.3 Å². The van der Waals surface area contributed by atoms with Gasteiger partial charge in [-0.1, -0.05) is 39.0 Å². The van der Waals surface area contributed by atoms with Crippen molar-refractivity contribution in [2.75, 3.05) is 33.9 Å². The van der Waals surface area contributed by atoms with Crippen LogP contribution in [0.15, 0.2) is 48.7 Å². The molecule has 3 aliphatic heterocycles. The molecule has 3 aromatic carbocycles. The molecule has 306 valence electrons. The second-order valence-electron chi connectivity index (χ2n) is 17.4. The lowest BCUT2D eigenvalue weighted by Crippen LogP contribution is -2.51. The van der Waals surface area contributed by atoms with E-state index in [1.807, 2.05) is 51.8 Å². The Bertz CT molecular complexity index is 2380. The quantitative estimate of drug-likeness (QED) is 0.142. The number of carbonyl (C=O) groups excluding carboxylic acids is 3. The van der Waals surface area contributed by atoms with Crippen LogP contribution in [0, 0.1) is 17.8 Å². The summed E-state index contributed by atoms with van der Waals surface area (Å²) in [5.74, 6) is 2.39. The summed E-state index contributed by atoms with van der Waals surface area (Å²) in [5.41, 5.74) is 6.07. The molecule has 14 nitrogen and oxygen atoms in total. The summed E-state index contributed by atoms with van der Waals surface area (Å²) in [6.45, 7) is 13.6. The Balaban J connectivity index is 1.05. The van der Waals surface area contributed by atoms with Gasteiger partial charge in [-0.15, -0.1) is 0 Å². The predicted octanol–water partition coefficient (Wildman–Crippen LogP) is 7.90. The number of hydrogen-bond donors (Lipinski definition) is 3.